The number of fused-ring (bicyclic) bond motifs is 3. The molecule has 0 saturated heterocycles. The van der Waals surface area contributed by atoms with Gasteiger partial charge in [0.1, 0.15) is 17.2 Å². The van der Waals surface area contributed by atoms with Gasteiger partial charge in [0.05, 0.1) is 0 Å². The van der Waals surface area contributed by atoms with Crippen molar-refractivity contribution in [2.24, 2.45) is 0 Å². The van der Waals surface area contributed by atoms with Crippen LogP contribution < -0.4 is 0 Å². The van der Waals surface area contributed by atoms with Gasteiger partial charge in [-0.25, -0.2) is 18.7 Å². The van der Waals surface area contributed by atoms with E-state index >= 15 is 0 Å². The van der Waals surface area contributed by atoms with E-state index in [2.05, 4.69) is 15.1 Å². The van der Waals surface area contributed by atoms with E-state index in [0.717, 1.165) is 0 Å². The van der Waals surface area contributed by atoms with E-state index in [9.17, 15) is 8.78 Å². The lowest BCUT2D eigenvalue weighted by Gasteiger charge is -2.01. The fourth-order valence-electron chi connectivity index (χ4n) is 2.31. The second-order valence-electron chi connectivity index (χ2n) is 4.70. The average molecular weight is 317 g/mol. The van der Waals surface area contributed by atoms with Gasteiger partial charge in [0.2, 0.25) is 5.28 Å². The first kappa shape index (κ1) is 13.1. The lowest BCUT2D eigenvalue weighted by atomic mass is 10.2. The summed E-state index contributed by atoms with van der Waals surface area (Å²) >= 11 is 6.05. The summed E-state index contributed by atoms with van der Waals surface area (Å²) in [4.78, 5) is 8.35. The summed E-state index contributed by atoms with van der Waals surface area (Å²) in [6.45, 7) is 0. The first-order chi connectivity index (χ1) is 10.6. The van der Waals surface area contributed by atoms with Gasteiger partial charge in [-0.2, -0.15) is 4.52 Å². The molecule has 2 aromatic carbocycles. The van der Waals surface area contributed by atoms with Gasteiger partial charge in [-0.05, 0) is 35.9 Å². The van der Waals surface area contributed by atoms with E-state index in [1.807, 2.05) is 0 Å². The summed E-state index contributed by atoms with van der Waals surface area (Å²) in [5, 5.41) is 4.70. The van der Waals surface area contributed by atoms with Crippen LogP contribution in [0, 0.1) is 11.6 Å². The highest BCUT2D eigenvalue weighted by molar-refractivity contribution is 6.29. The van der Waals surface area contributed by atoms with Crippen molar-refractivity contribution in [2.45, 2.75) is 0 Å². The van der Waals surface area contributed by atoms with Gasteiger partial charge in [-0.3, -0.25) is 0 Å². The molecule has 4 nitrogen and oxygen atoms in total. The van der Waals surface area contributed by atoms with Crippen LogP contribution in [0.3, 0.4) is 0 Å². The molecule has 0 radical (unpaired) electrons. The molecule has 0 saturated carbocycles. The van der Waals surface area contributed by atoms with Gasteiger partial charge in [0, 0.05) is 10.9 Å². The molecule has 0 atom stereocenters. The largest absolute Gasteiger partial charge is 0.226 e. The minimum Gasteiger partial charge on any atom is -0.215 e. The molecule has 4 aromatic rings. The minimum atomic E-state index is -0.489. The Hall–Kier alpha value is -2.60. The predicted octanol–water partition coefficient (Wildman–Crippen LogP) is 3.88. The number of para-hydroxylation sites is 1. The quantitative estimate of drug-likeness (QED) is 0.501. The summed E-state index contributed by atoms with van der Waals surface area (Å²) in [7, 11) is 0. The summed E-state index contributed by atoms with van der Waals surface area (Å²) in [6, 6.07) is 10.4. The summed E-state index contributed by atoms with van der Waals surface area (Å²) < 4.78 is 28.5. The second-order valence-corrected chi connectivity index (χ2v) is 5.04. The van der Waals surface area contributed by atoms with E-state index in [1.165, 1.54) is 22.7 Å². The Kier molecular flexibility index (Phi) is 2.80. The molecule has 0 fully saturated rings. The average Bonchev–Trinajstić information content (AvgIpc) is 2.95. The van der Waals surface area contributed by atoms with Crippen LogP contribution in [-0.4, -0.2) is 19.6 Å². The number of hydrogen-bond acceptors (Lipinski definition) is 3. The summed E-state index contributed by atoms with van der Waals surface area (Å²) in [5.74, 6) is -0.589. The third-order valence-corrected chi connectivity index (χ3v) is 3.54. The molecule has 22 heavy (non-hydrogen) atoms. The maximum absolute atomic E-state index is 13.8. The number of halogens is 3. The van der Waals surface area contributed by atoms with Gasteiger partial charge in [-0.15, -0.1) is 5.10 Å². The molecular formula is C15H7ClF2N4. The maximum Gasteiger partial charge on any atom is 0.226 e. The van der Waals surface area contributed by atoms with Crippen LogP contribution in [0.5, 0.6) is 0 Å². The first-order valence-corrected chi connectivity index (χ1v) is 6.78. The van der Waals surface area contributed by atoms with Crippen LogP contribution in [0.25, 0.3) is 27.9 Å². The van der Waals surface area contributed by atoms with Gasteiger partial charge in [-0.1, -0.05) is 18.2 Å². The van der Waals surface area contributed by atoms with Crippen LogP contribution in [0.1, 0.15) is 0 Å². The van der Waals surface area contributed by atoms with Gasteiger partial charge in [0.25, 0.3) is 0 Å². The molecule has 2 heterocycles. The highest BCUT2D eigenvalue weighted by Crippen LogP contribution is 2.25. The third kappa shape index (κ3) is 1.92. The number of aromatic nitrogens is 4. The highest BCUT2D eigenvalue weighted by Gasteiger charge is 2.15. The van der Waals surface area contributed by atoms with Gasteiger partial charge in [0.15, 0.2) is 11.5 Å². The SMILES string of the molecule is Fc1cccc(-c2nc3c4cccc(F)c4nc(Cl)n3n2)c1. The summed E-state index contributed by atoms with van der Waals surface area (Å²) in [5.41, 5.74) is 0.997. The Morgan fingerprint density at radius 1 is 1.00 bits per heavy atom. The smallest absolute Gasteiger partial charge is 0.215 e. The maximum atomic E-state index is 13.8. The molecule has 0 aliphatic heterocycles. The van der Waals surface area contributed by atoms with Crippen molar-refractivity contribution >= 4 is 28.2 Å². The lowest BCUT2D eigenvalue weighted by Crippen LogP contribution is -1.96. The zero-order valence-electron chi connectivity index (χ0n) is 11.0. The zero-order chi connectivity index (χ0) is 15.3. The number of nitrogens with zero attached hydrogens (tertiary/aromatic N) is 4. The fourth-order valence-corrected chi connectivity index (χ4v) is 2.52. The monoisotopic (exact) mass is 316 g/mol. The molecule has 0 bridgehead atoms. The second kappa shape index (κ2) is 4.71. The van der Waals surface area contributed by atoms with Crippen LogP contribution in [0.4, 0.5) is 8.78 Å². The molecule has 0 aliphatic rings. The van der Waals surface area contributed by atoms with E-state index in [-0.39, 0.29) is 10.8 Å². The topological polar surface area (TPSA) is 43.1 Å². The molecule has 108 valence electrons. The number of benzene rings is 2. The molecular weight excluding hydrogens is 310 g/mol. The number of hydrogen-bond donors (Lipinski definition) is 0. The standard InChI is InChI=1S/C15H7ClF2N4/c16-15-19-12-10(5-2-6-11(12)18)14-20-13(21-22(14)15)8-3-1-4-9(17)7-8/h1-7H. The third-order valence-electron chi connectivity index (χ3n) is 3.30. The molecule has 0 amide bonds. The van der Waals surface area contributed by atoms with E-state index < -0.39 is 11.6 Å². The molecule has 0 N–H and O–H groups in total. The molecule has 2 aromatic heterocycles. The number of rotatable bonds is 1. The lowest BCUT2D eigenvalue weighted by molar-refractivity contribution is 0.628. The van der Waals surface area contributed by atoms with Gasteiger partial charge >= 0.3 is 0 Å². The van der Waals surface area contributed by atoms with Crippen molar-refractivity contribution in [3.63, 3.8) is 0 Å². The van der Waals surface area contributed by atoms with Gasteiger partial charge < -0.3 is 0 Å². The highest BCUT2D eigenvalue weighted by atomic mass is 35.5. The minimum absolute atomic E-state index is 0.0113. The van der Waals surface area contributed by atoms with Crippen molar-refractivity contribution in [2.75, 3.05) is 0 Å². The molecule has 0 unspecified atom stereocenters. The van der Waals surface area contributed by atoms with E-state index in [1.54, 1.807) is 24.3 Å². The fraction of sp³-hybridized carbons (Fsp3) is 0. The van der Waals surface area contributed by atoms with E-state index in [0.29, 0.717) is 22.4 Å². The molecule has 7 heteroatoms. The van der Waals surface area contributed by atoms with Crippen molar-refractivity contribution in [3.05, 3.63) is 59.4 Å². The van der Waals surface area contributed by atoms with Crippen molar-refractivity contribution < 1.29 is 8.78 Å². The molecule has 0 spiro atoms. The Morgan fingerprint density at radius 2 is 1.82 bits per heavy atom. The van der Waals surface area contributed by atoms with Crippen molar-refractivity contribution in [1.29, 1.82) is 0 Å². The van der Waals surface area contributed by atoms with Crippen LogP contribution >= 0.6 is 11.6 Å². The Labute approximate surface area is 128 Å². The summed E-state index contributed by atoms with van der Waals surface area (Å²) in [6.07, 6.45) is 0. The van der Waals surface area contributed by atoms with Crippen LogP contribution in [-0.2, 0) is 0 Å². The van der Waals surface area contributed by atoms with E-state index in [4.69, 9.17) is 11.6 Å². The molecule has 4 rings (SSSR count). The molecule has 0 aliphatic carbocycles. The normalized spacial score (nSPS) is 11.4. The first-order valence-electron chi connectivity index (χ1n) is 6.40. The Balaban J connectivity index is 2.07. The van der Waals surface area contributed by atoms with Crippen molar-refractivity contribution in [3.8, 4) is 11.4 Å². The Morgan fingerprint density at radius 3 is 2.64 bits per heavy atom. The Bertz CT molecular complexity index is 1030. The predicted molar refractivity (Wildman–Crippen MR) is 78.7 cm³/mol. The van der Waals surface area contributed by atoms with Crippen LogP contribution in [0.2, 0.25) is 5.28 Å². The van der Waals surface area contributed by atoms with Crippen molar-refractivity contribution in [1.82, 2.24) is 19.6 Å². The zero-order valence-corrected chi connectivity index (χ0v) is 11.7. The van der Waals surface area contributed by atoms with Crippen LogP contribution in [0.15, 0.2) is 42.5 Å².